The Morgan fingerprint density at radius 3 is 2.38 bits per heavy atom. The maximum Gasteiger partial charge on any atom is 0.314 e. The van der Waals surface area contributed by atoms with E-state index >= 15 is 0 Å². The van der Waals surface area contributed by atoms with E-state index in [1.165, 1.54) is 0 Å². The fourth-order valence-electron chi connectivity index (χ4n) is 2.98. The van der Waals surface area contributed by atoms with Crippen LogP contribution >= 0.6 is 15.9 Å². The van der Waals surface area contributed by atoms with Crippen LogP contribution in [0.2, 0.25) is 0 Å². The van der Waals surface area contributed by atoms with E-state index < -0.39 is 11.4 Å². The zero-order valence-corrected chi connectivity index (χ0v) is 14.2. The zero-order chi connectivity index (χ0) is 15.6. The van der Waals surface area contributed by atoms with Gasteiger partial charge in [0, 0.05) is 4.47 Å². The summed E-state index contributed by atoms with van der Waals surface area (Å²) >= 11 is 3.50. The van der Waals surface area contributed by atoms with E-state index in [4.69, 9.17) is 9.47 Å². The van der Waals surface area contributed by atoms with E-state index in [2.05, 4.69) is 15.9 Å². The number of ether oxygens (including phenoxy) is 2. The van der Waals surface area contributed by atoms with Crippen molar-refractivity contribution in [3.8, 4) is 11.5 Å². The van der Waals surface area contributed by atoms with Crippen molar-refractivity contribution in [1.82, 2.24) is 0 Å². The molecule has 1 aromatic carbocycles. The molecule has 0 bridgehead atoms. The smallest absolute Gasteiger partial charge is 0.314 e. The highest BCUT2D eigenvalue weighted by Gasteiger charge is 2.44. The lowest BCUT2D eigenvalue weighted by atomic mass is 9.79. The second kappa shape index (κ2) is 6.26. The molecule has 0 atom stereocenters. The van der Waals surface area contributed by atoms with Gasteiger partial charge >= 0.3 is 5.97 Å². The predicted octanol–water partition coefficient (Wildman–Crippen LogP) is 4.14. The number of benzene rings is 1. The number of carboxylic acids is 1. The molecular formula is C16H21BrO4. The second-order valence-electron chi connectivity index (χ2n) is 5.74. The van der Waals surface area contributed by atoms with Crippen molar-refractivity contribution in [3.63, 3.8) is 0 Å². The van der Waals surface area contributed by atoms with Crippen LogP contribution in [0.15, 0.2) is 16.6 Å². The molecule has 1 fully saturated rings. The minimum Gasteiger partial charge on any atom is -0.493 e. The summed E-state index contributed by atoms with van der Waals surface area (Å²) in [5.74, 6) is 0.442. The van der Waals surface area contributed by atoms with Crippen molar-refractivity contribution in [2.24, 2.45) is 0 Å². The molecule has 0 saturated heterocycles. The summed E-state index contributed by atoms with van der Waals surface area (Å²) in [6, 6.07) is 3.62. The fraction of sp³-hybridized carbons (Fsp3) is 0.562. The minimum atomic E-state index is -0.819. The molecule has 0 amide bonds. The van der Waals surface area contributed by atoms with Crippen LogP contribution in [0, 0.1) is 0 Å². The third-order valence-electron chi connectivity index (χ3n) is 4.00. The molecule has 1 N–H and O–H groups in total. The van der Waals surface area contributed by atoms with Crippen molar-refractivity contribution < 1.29 is 19.4 Å². The lowest BCUT2D eigenvalue weighted by molar-refractivity contribution is -0.143. The van der Waals surface area contributed by atoms with Gasteiger partial charge in [-0.3, -0.25) is 4.79 Å². The summed E-state index contributed by atoms with van der Waals surface area (Å²) in [4.78, 5) is 11.9. The Balaban J connectivity index is 2.55. The minimum absolute atomic E-state index is 0.00252. The first-order valence-electron chi connectivity index (χ1n) is 7.19. The molecule has 0 spiro atoms. The summed E-state index contributed by atoms with van der Waals surface area (Å²) in [7, 11) is 1.58. The van der Waals surface area contributed by atoms with Crippen LogP contribution in [-0.4, -0.2) is 24.3 Å². The van der Waals surface area contributed by atoms with Gasteiger partial charge in [0.2, 0.25) is 0 Å². The van der Waals surface area contributed by atoms with Crippen LogP contribution in [0.3, 0.4) is 0 Å². The molecular weight excluding hydrogens is 336 g/mol. The van der Waals surface area contributed by atoms with E-state index in [1.54, 1.807) is 13.2 Å². The third kappa shape index (κ3) is 3.03. The Labute approximate surface area is 133 Å². The third-order valence-corrected chi connectivity index (χ3v) is 4.65. The van der Waals surface area contributed by atoms with E-state index in [0.29, 0.717) is 24.3 Å². The quantitative estimate of drug-likeness (QED) is 0.861. The molecule has 116 valence electrons. The number of carboxylic acid groups (broad SMARTS) is 1. The van der Waals surface area contributed by atoms with E-state index in [9.17, 15) is 9.90 Å². The molecule has 5 heteroatoms. The highest BCUT2D eigenvalue weighted by molar-refractivity contribution is 9.10. The van der Waals surface area contributed by atoms with Crippen LogP contribution in [0.1, 0.15) is 45.1 Å². The number of halogens is 1. The van der Waals surface area contributed by atoms with Gasteiger partial charge in [-0.2, -0.15) is 0 Å². The van der Waals surface area contributed by atoms with Gasteiger partial charge in [-0.15, -0.1) is 0 Å². The van der Waals surface area contributed by atoms with Crippen LogP contribution in [-0.2, 0) is 10.2 Å². The lowest BCUT2D eigenvalue weighted by Crippen LogP contribution is -2.33. The van der Waals surface area contributed by atoms with E-state index in [-0.39, 0.29) is 6.10 Å². The molecule has 0 aliphatic heterocycles. The van der Waals surface area contributed by atoms with Gasteiger partial charge in [0.05, 0.1) is 18.6 Å². The molecule has 0 heterocycles. The number of methoxy groups -OCH3 is 1. The summed E-state index contributed by atoms with van der Waals surface area (Å²) in [6.07, 6.45) is 3.19. The average molecular weight is 357 g/mol. The molecule has 1 aliphatic carbocycles. The number of carbonyl (C=O) groups is 1. The standard InChI is InChI=1S/C16H21BrO4/c1-10(2)21-14-8-11(12(17)9-13(14)20-3)16(15(18)19)6-4-5-7-16/h8-10H,4-7H2,1-3H3,(H,18,19). The monoisotopic (exact) mass is 356 g/mol. The van der Waals surface area contributed by atoms with Gasteiger partial charge in [-0.1, -0.05) is 28.8 Å². The first kappa shape index (κ1) is 16.1. The van der Waals surface area contributed by atoms with Gasteiger partial charge in [-0.25, -0.2) is 0 Å². The highest BCUT2D eigenvalue weighted by atomic mass is 79.9. The largest absolute Gasteiger partial charge is 0.493 e. The maximum atomic E-state index is 11.9. The second-order valence-corrected chi connectivity index (χ2v) is 6.60. The summed E-state index contributed by atoms with van der Waals surface area (Å²) in [5.41, 5.74) is -0.0378. The SMILES string of the molecule is COc1cc(Br)c(C2(C(=O)O)CCCC2)cc1OC(C)C. The van der Waals surface area contributed by atoms with Crippen molar-refractivity contribution in [2.75, 3.05) is 7.11 Å². The van der Waals surface area contributed by atoms with Gasteiger partial charge in [0.15, 0.2) is 11.5 Å². The van der Waals surface area contributed by atoms with Crippen LogP contribution in [0.5, 0.6) is 11.5 Å². The Morgan fingerprint density at radius 1 is 1.29 bits per heavy atom. The lowest BCUT2D eigenvalue weighted by Gasteiger charge is -2.27. The molecule has 1 aliphatic rings. The summed E-state index contributed by atoms with van der Waals surface area (Å²) < 4.78 is 11.9. The Kier molecular flexibility index (Phi) is 4.81. The van der Waals surface area contributed by atoms with Crippen LogP contribution in [0.4, 0.5) is 0 Å². The molecule has 1 aromatic rings. The van der Waals surface area contributed by atoms with Crippen LogP contribution in [0.25, 0.3) is 0 Å². The topological polar surface area (TPSA) is 55.8 Å². The number of hydrogen-bond acceptors (Lipinski definition) is 3. The predicted molar refractivity (Wildman–Crippen MR) is 84.2 cm³/mol. The molecule has 0 unspecified atom stereocenters. The Morgan fingerprint density at radius 2 is 1.90 bits per heavy atom. The highest BCUT2D eigenvalue weighted by Crippen LogP contribution is 2.47. The molecule has 0 aromatic heterocycles. The van der Waals surface area contributed by atoms with E-state index in [0.717, 1.165) is 22.9 Å². The summed E-state index contributed by atoms with van der Waals surface area (Å²) in [5, 5.41) is 9.75. The molecule has 4 nitrogen and oxygen atoms in total. The first-order chi connectivity index (χ1) is 9.90. The number of aliphatic carboxylic acids is 1. The molecule has 2 rings (SSSR count). The zero-order valence-electron chi connectivity index (χ0n) is 12.6. The first-order valence-corrected chi connectivity index (χ1v) is 7.98. The normalized spacial score (nSPS) is 17.0. The van der Waals surface area contributed by atoms with E-state index in [1.807, 2.05) is 19.9 Å². The maximum absolute atomic E-state index is 11.9. The van der Waals surface area contributed by atoms with Crippen molar-refractivity contribution >= 4 is 21.9 Å². The van der Waals surface area contributed by atoms with Crippen molar-refractivity contribution in [2.45, 2.75) is 51.0 Å². The fourth-order valence-corrected chi connectivity index (χ4v) is 3.69. The molecule has 1 saturated carbocycles. The number of rotatable bonds is 5. The molecule has 21 heavy (non-hydrogen) atoms. The Bertz CT molecular complexity index is 533. The van der Waals surface area contributed by atoms with Gasteiger partial charge in [0.25, 0.3) is 0 Å². The van der Waals surface area contributed by atoms with Gasteiger partial charge in [-0.05, 0) is 44.4 Å². The van der Waals surface area contributed by atoms with Gasteiger partial charge < -0.3 is 14.6 Å². The summed E-state index contributed by atoms with van der Waals surface area (Å²) in [6.45, 7) is 3.87. The Hall–Kier alpha value is -1.23. The van der Waals surface area contributed by atoms with Crippen molar-refractivity contribution in [1.29, 1.82) is 0 Å². The van der Waals surface area contributed by atoms with Gasteiger partial charge in [0.1, 0.15) is 0 Å². The van der Waals surface area contributed by atoms with Crippen molar-refractivity contribution in [3.05, 3.63) is 22.2 Å². The average Bonchev–Trinajstić information content (AvgIpc) is 2.90. The number of hydrogen-bond donors (Lipinski definition) is 1. The van der Waals surface area contributed by atoms with Crippen LogP contribution < -0.4 is 9.47 Å². The molecule has 0 radical (unpaired) electrons.